The molecule has 1 fully saturated rings. The fourth-order valence-electron chi connectivity index (χ4n) is 3.05. The Morgan fingerprint density at radius 2 is 1.22 bits per heavy atom. The van der Waals surface area contributed by atoms with E-state index in [1.807, 2.05) is 0 Å². The number of ketones is 1. The first-order valence-corrected chi connectivity index (χ1v) is 8.23. The minimum absolute atomic E-state index is 0.381. The maximum absolute atomic E-state index is 12.2. The van der Waals surface area contributed by atoms with Crippen LogP contribution >= 0.6 is 0 Å². The van der Waals surface area contributed by atoms with Crippen molar-refractivity contribution in [3.05, 3.63) is 0 Å². The number of rotatable bonds is 3. The van der Waals surface area contributed by atoms with Crippen molar-refractivity contribution in [3.63, 3.8) is 0 Å². The lowest BCUT2D eigenvalue weighted by Gasteiger charge is -2.17. The highest BCUT2D eigenvalue weighted by atomic mass is 16.1. The van der Waals surface area contributed by atoms with Crippen LogP contribution in [0.3, 0.4) is 0 Å². The lowest BCUT2D eigenvalue weighted by molar-refractivity contribution is -0.124. The molecule has 0 aliphatic heterocycles. The van der Waals surface area contributed by atoms with Gasteiger partial charge in [-0.1, -0.05) is 71.6 Å². The van der Waals surface area contributed by atoms with Crippen LogP contribution in [-0.4, -0.2) is 5.78 Å². The Labute approximate surface area is 114 Å². The minimum Gasteiger partial charge on any atom is -0.299 e. The fourth-order valence-corrected chi connectivity index (χ4v) is 3.05. The van der Waals surface area contributed by atoms with E-state index in [1.54, 1.807) is 0 Å². The average Bonchev–Trinajstić information content (AvgIpc) is 2.28. The number of Topliss-reactive ketones (excluding diaryl/α,β-unsaturated/α-hetero) is 1. The van der Waals surface area contributed by atoms with Crippen molar-refractivity contribution in [2.45, 2.75) is 90.9 Å². The second-order valence-electron chi connectivity index (χ2n) is 6.52. The summed E-state index contributed by atoms with van der Waals surface area (Å²) in [5, 5.41) is 0. The van der Waals surface area contributed by atoms with Crippen LogP contribution in [-0.2, 0) is 4.79 Å². The van der Waals surface area contributed by atoms with Crippen LogP contribution < -0.4 is 0 Å². The fraction of sp³-hybridized carbons (Fsp3) is 0.941. The molecule has 1 saturated carbocycles. The van der Waals surface area contributed by atoms with Crippen LogP contribution in [0, 0.1) is 11.8 Å². The number of carbonyl (C=O) groups excluding carboxylic acids is 1. The summed E-state index contributed by atoms with van der Waals surface area (Å²) in [5.74, 6) is 1.45. The topological polar surface area (TPSA) is 17.1 Å². The Bertz CT molecular complexity index is 208. The first-order valence-electron chi connectivity index (χ1n) is 8.23. The number of hydrogen-bond acceptors (Lipinski definition) is 1. The van der Waals surface area contributed by atoms with Crippen molar-refractivity contribution >= 4 is 5.78 Å². The van der Waals surface area contributed by atoms with Gasteiger partial charge < -0.3 is 0 Å². The molecule has 0 saturated heterocycles. The second-order valence-corrected chi connectivity index (χ2v) is 6.52. The van der Waals surface area contributed by atoms with Gasteiger partial charge in [-0.3, -0.25) is 4.79 Å². The predicted molar refractivity (Wildman–Crippen MR) is 78.7 cm³/mol. The van der Waals surface area contributed by atoms with E-state index in [4.69, 9.17) is 0 Å². The van der Waals surface area contributed by atoms with Crippen LogP contribution in [0.15, 0.2) is 0 Å². The number of carbonyl (C=O) groups is 1. The van der Waals surface area contributed by atoms with E-state index in [0.717, 1.165) is 19.3 Å². The summed E-state index contributed by atoms with van der Waals surface area (Å²) < 4.78 is 0. The summed E-state index contributed by atoms with van der Waals surface area (Å²) in [6, 6.07) is 0. The maximum Gasteiger partial charge on any atom is 0.136 e. The summed E-state index contributed by atoms with van der Waals surface area (Å²) in [6.07, 6.45) is 15.3. The predicted octanol–water partition coefficient (Wildman–Crippen LogP) is 5.52. The average molecular weight is 252 g/mol. The van der Waals surface area contributed by atoms with Crippen molar-refractivity contribution < 1.29 is 4.79 Å². The summed E-state index contributed by atoms with van der Waals surface area (Å²) >= 11 is 0. The van der Waals surface area contributed by atoms with Gasteiger partial charge in [0.15, 0.2) is 0 Å². The highest BCUT2D eigenvalue weighted by Crippen LogP contribution is 2.23. The molecular formula is C17H32O. The van der Waals surface area contributed by atoms with Gasteiger partial charge in [-0.15, -0.1) is 0 Å². The molecule has 106 valence electrons. The molecule has 1 nitrogen and oxygen atoms in total. The van der Waals surface area contributed by atoms with Gasteiger partial charge in [-0.05, 0) is 18.8 Å². The van der Waals surface area contributed by atoms with Gasteiger partial charge in [0.2, 0.25) is 0 Å². The molecule has 0 aromatic heterocycles. The SMILES string of the molecule is CC(C)CC(=O)C1CCCCCCCCCCC1. The van der Waals surface area contributed by atoms with E-state index >= 15 is 0 Å². The summed E-state index contributed by atoms with van der Waals surface area (Å²) in [7, 11) is 0. The molecule has 1 aliphatic carbocycles. The Morgan fingerprint density at radius 3 is 1.61 bits per heavy atom. The van der Waals surface area contributed by atoms with Gasteiger partial charge in [0.25, 0.3) is 0 Å². The largest absolute Gasteiger partial charge is 0.299 e. The molecule has 1 rings (SSSR count). The van der Waals surface area contributed by atoms with E-state index < -0.39 is 0 Å². The van der Waals surface area contributed by atoms with E-state index in [1.165, 1.54) is 57.8 Å². The normalized spacial score (nSPS) is 21.3. The van der Waals surface area contributed by atoms with Crippen molar-refractivity contribution in [2.24, 2.45) is 11.8 Å². The van der Waals surface area contributed by atoms with Gasteiger partial charge in [0.1, 0.15) is 5.78 Å². The highest BCUT2D eigenvalue weighted by Gasteiger charge is 2.18. The molecule has 0 N–H and O–H groups in total. The Kier molecular flexibility index (Phi) is 8.37. The first kappa shape index (κ1) is 15.7. The molecule has 0 unspecified atom stereocenters. The van der Waals surface area contributed by atoms with Crippen LogP contribution in [0.1, 0.15) is 90.9 Å². The molecule has 0 aromatic rings. The molecular weight excluding hydrogens is 220 g/mol. The first-order chi connectivity index (χ1) is 8.70. The van der Waals surface area contributed by atoms with Gasteiger partial charge in [-0.25, -0.2) is 0 Å². The second kappa shape index (κ2) is 9.58. The molecule has 0 amide bonds. The van der Waals surface area contributed by atoms with E-state index in [2.05, 4.69) is 13.8 Å². The molecule has 0 spiro atoms. The van der Waals surface area contributed by atoms with Crippen molar-refractivity contribution in [2.75, 3.05) is 0 Å². The van der Waals surface area contributed by atoms with Crippen molar-refractivity contribution in [1.82, 2.24) is 0 Å². The molecule has 18 heavy (non-hydrogen) atoms. The third-order valence-corrected chi connectivity index (χ3v) is 4.17. The van der Waals surface area contributed by atoms with Gasteiger partial charge in [0, 0.05) is 12.3 Å². The maximum atomic E-state index is 12.2. The Hall–Kier alpha value is -0.330. The lowest BCUT2D eigenvalue weighted by atomic mass is 9.87. The minimum atomic E-state index is 0.381. The zero-order valence-electron chi connectivity index (χ0n) is 12.5. The monoisotopic (exact) mass is 252 g/mol. The number of hydrogen-bond donors (Lipinski definition) is 0. The van der Waals surface area contributed by atoms with Gasteiger partial charge in [0.05, 0.1) is 0 Å². The van der Waals surface area contributed by atoms with Gasteiger partial charge in [-0.2, -0.15) is 0 Å². The highest BCUT2D eigenvalue weighted by molar-refractivity contribution is 5.81. The molecule has 0 bridgehead atoms. The van der Waals surface area contributed by atoms with Crippen LogP contribution in [0.4, 0.5) is 0 Å². The van der Waals surface area contributed by atoms with Crippen LogP contribution in [0.5, 0.6) is 0 Å². The molecule has 0 radical (unpaired) electrons. The van der Waals surface area contributed by atoms with E-state index in [9.17, 15) is 4.79 Å². The van der Waals surface area contributed by atoms with E-state index in [0.29, 0.717) is 17.6 Å². The molecule has 0 aromatic carbocycles. The van der Waals surface area contributed by atoms with Crippen LogP contribution in [0.25, 0.3) is 0 Å². The van der Waals surface area contributed by atoms with Crippen molar-refractivity contribution in [1.29, 1.82) is 0 Å². The zero-order chi connectivity index (χ0) is 13.2. The van der Waals surface area contributed by atoms with Gasteiger partial charge >= 0.3 is 0 Å². The van der Waals surface area contributed by atoms with Crippen molar-refractivity contribution in [3.8, 4) is 0 Å². The molecule has 0 heterocycles. The lowest BCUT2D eigenvalue weighted by Crippen LogP contribution is -2.16. The standard InChI is InChI=1S/C17H32O/c1-15(2)14-17(18)16-12-10-8-6-4-3-5-7-9-11-13-16/h15-16H,3-14H2,1-2H3. The summed E-state index contributed by atoms with van der Waals surface area (Å²) in [6.45, 7) is 4.32. The third-order valence-electron chi connectivity index (χ3n) is 4.17. The van der Waals surface area contributed by atoms with Crippen LogP contribution in [0.2, 0.25) is 0 Å². The molecule has 0 atom stereocenters. The quantitative estimate of drug-likeness (QED) is 0.646. The summed E-state index contributed by atoms with van der Waals surface area (Å²) in [4.78, 5) is 12.2. The van der Waals surface area contributed by atoms with E-state index in [-0.39, 0.29) is 0 Å². The molecule has 1 heteroatoms. The smallest absolute Gasteiger partial charge is 0.136 e. The third kappa shape index (κ3) is 7.18. The Balaban J connectivity index is 2.38. The zero-order valence-corrected chi connectivity index (χ0v) is 12.5. The molecule has 1 aliphatic rings. The Morgan fingerprint density at radius 1 is 0.833 bits per heavy atom. The summed E-state index contributed by atoms with van der Waals surface area (Å²) in [5.41, 5.74) is 0.